The topological polar surface area (TPSA) is 90.4 Å². The molecule has 0 bridgehead atoms. The van der Waals surface area contributed by atoms with Gasteiger partial charge in [-0.3, -0.25) is 14.4 Å². The summed E-state index contributed by atoms with van der Waals surface area (Å²) in [5, 5.41) is 9.12. The summed E-state index contributed by atoms with van der Waals surface area (Å²) in [5.74, 6) is -1.83. The largest absolute Gasteiger partial charge is 0.396 e. The number of aliphatic hydroxyl groups is 1. The zero-order valence-corrected chi connectivity index (χ0v) is 22.4. The number of fused-ring (bicyclic) bond motifs is 2. The standard InChI is InChI=1S/C30H39N3O5/c1-21(2)32-18-11-15-30-25(28(36)33(26(30)29(32)37)17-8-3-4-9-19-34)24-23(38-30)14-10-16-31(27(24)35)20-22-12-6-5-7-13-22/h5-7,10-15,21,23-26,34H,3-4,8-9,16-20H2,1-2H3/t23-,24+,25-,26?,30-/m0/s1. The Kier molecular flexibility index (Phi) is 7.73. The zero-order chi connectivity index (χ0) is 26.9. The zero-order valence-electron chi connectivity index (χ0n) is 22.4. The maximum absolute atomic E-state index is 14.2. The molecule has 3 amide bonds. The number of aliphatic hydroxyl groups excluding tert-OH is 1. The van der Waals surface area contributed by atoms with Crippen LogP contribution in [0.1, 0.15) is 45.1 Å². The van der Waals surface area contributed by atoms with Crippen LogP contribution in [0, 0.1) is 11.8 Å². The van der Waals surface area contributed by atoms with Gasteiger partial charge in [0, 0.05) is 38.8 Å². The van der Waals surface area contributed by atoms with E-state index in [4.69, 9.17) is 9.84 Å². The monoisotopic (exact) mass is 521 g/mol. The Hall–Kier alpha value is -2.97. The smallest absolute Gasteiger partial charge is 0.249 e. The number of benzene rings is 1. The number of unbranched alkanes of at least 4 members (excludes halogenated alkanes) is 3. The predicted molar refractivity (Wildman–Crippen MR) is 143 cm³/mol. The second-order valence-corrected chi connectivity index (χ2v) is 11.1. The molecule has 8 heteroatoms. The van der Waals surface area contributed by atoms with Crippen molar-refractivity contribution in [1.29, 1.82) is 0 Å². The van der Waals surface area contributed by atoms with Gasteiger partial charge in [0.05, 0.1) is 17.9 Å². The van der Waals surface area contributed by atoms with E-state index in [2.05, 4.69) is 0 Å². The van der Waals surface area contributed by atoms with Gasteiger partial charge in [0.25, 0.3) is 0 Å². The molecule has 38 heavy (non-hydrogen) atoms. The Balaban J connectivity index is 1.48. The quantitative estimate of drug-likeness (QED) is 0.399. The van der Waals surface area contributed by atoms with Crippen molar-refractivity contribution in [2.45, 2.75) is 69.9 Å². The van der Waals surface area contributed by atoms with Crippen LogP contribution >= 0.6 is 0 Å². The number of ether oxygens (including phenoxy) is 1. The molecule has 5 atom stereocenters. The number of hydrogen-bond donors (Lipinski definition) is 1. The fraction of sp³-hybridized carbons (Fsp3) is 0.567. The van der Waals surface area contributed by atoms with E-state index in [-0.39, 0.29) is 30.4 Å². The van der Waals surface area contributed by atoms with Crippen LogP contribution in [-0.4, -0.2) is 87.6 Å². The van der Waals surface area contributed by atoms with Crippen molar-refractivity contribution in [2.24, 2.45) is 11.8 Å². The lowest BCUT2D eigenvalue weighted by atomic mass is 9.77. The van der Waals surface area contributed by atoms with Crippen molar-refractivity contribution < 1.29 is 24.2 Å². The molecule has 2 saturated heterocycles. The minimum Gasteiger partial charge on any atom is -0.396 e. The lowest BCUT2D eigenvalue weighted by Gasteiger charge is -2.36. The van der Waals surface area contributed by atoms with Gasteiger partial charge in [-0.25, -0.2) is 0 Å². The molecular weight excluding hydrogens is 482 g/mol. The molecular formula is C30H39N3O5. The molecule has 2 fully saturated rings. The first-order chi connectivity index (χ1) is 18.4. The van der Waals surface area contributed by atoms with E-state index >= 15 is 0 Å². The molecule has 8 nitrogen and oxygen atoms in total. The van der Waals surface area contributed by atoms with E-state index in [9.17, 15) is 14.4 Å². The summed E-state index contributed by atoms with van der Waals surface area (Å²) in [7, 11) is 0. The number of likely N-dealkylation sites (tertiary alicyclic amines) is 1. The van der Waals surface area contributed by atoms with Crippen molar-refractivity contribution in [3.05, 3.63) is 60.2 Å². The third kappa shape index (κ3) is 4.58. The van der Waals surface area contributed by atoms with Gasteiger partial charge in [-0.15, -0.1) is 0 Å². The van der Waals surface area contributed by atoms with Gasteiger partial charge in [0.2, 0.25) is 17.7 Å². The highest BCUT2D eigenvalue weighted by Crippen LogP contribution is 2.53. The number of amides is 3. The lowest BCUT2D eigenvalue weighted by molar-refractivity contribution is -0.149. The third-order valence-electron chi connectivity index (χ3n) is 8.42. The van der Waals surface area contributed by atoms with Crippen LogP contribution in [0.2, 0.25) is 0 Å². The minimum atomic E-state index is -1.17. The average molecular weight is 522 g/mol. The van der Waals surface area contributed by atoms with Crippen LogP contribution in [0.3, 0.4) is 0 Å². The molecule has 1 aromatic rings. The Bertz CT molecular complexity index is 1100. The Morgan fingerprint density at radius 3 is 2.47 bits per heavy atom. The fourth-order valence-electron chi connectivity index (χ4n) is 6.60. The lowest BCUT2D eigenvalue weighted by Crippen LogP contribution is -2.56. The van der Waals surface area contributed by atoms with E-state index < -0.39 is 29.6 Å². The van der Waals surface area contributed by atoms with Gasteiger partial charge in [0.15, 0.2) is 0 Å². The minimum absolute atomic E-state index is 0.0300. The number of carbonyl (C=O) groups excluding carboxylic acids is 3. The molecule has 4 aliphatic rings. The second-order valence-electron chi connectivity index (χ2n) is 11.1. The van der Waals surface area contributed by atoms with Gasteiger partial charge < -0.3 is 24.5 Å². The number of rotatable bonds is 9. The molecule has 1 unspecified atom stereocenters. The first-order valence-electron chi connectivity index (χ1n) is 14.0. The molecule has 5 rings (SSSR count). The van der Waals surface area contributed by atoms with E-state index in [1.165, 1.54) is 0 Å². The van der Waals surface area contributed by atoms with Crippen molar-refractivity contribution in [3.8, 4) is 0 Å². The summed E-state index contributed by atoms with van der Waals surface area (Å²) in [6.07, 6.45) is 10.3. The maximum atomic E-state index is 14.2. The van der Waals surface area contributed by atoms with E-state index in [1.807, 2.05) is 68.5 Å². The van der Waals surface area contributed by atoms with E-state index in [1.54, 1.807) is 14.7 Å². The van der Waals surface area contributed by atoms with Crippen molar-refractivity contribution in [1.82, 2.24) is 14.7 Å². The molecule has 4 aliphatic heterocycles. The predicted octanol–water partition coefficient (Wildman–Crippen LogP) is 2.53. The molecule has 204 valence electrons. The maximum Gasteiger partial charge on any atom is 0.249 e. The van der Waals surface area contributed by atoms with Crippen LogP contribution in [0.15, 0.2) is 54.6 Å². The number of hydrogen-bond acceptors (Lipinski definition) is 5. The Labute approximate surface area is 224 Å². The fourth-order valence-corrected chi connectivity index (χ4v) is 6.60. The molecule has 1 N–H and O–H groups in total. The van der Waals surface area contributed by atoms with Crippen molar-refractivity contribution in [2.75, 3.05) is 26.2 Å². The van der Waals surface area contributed by atoms with Crippen molar-refractivity contribution >= 4 is 17.7 Å². The summed E-state index contributed by atoms with van der Waals surface area (Å²) in [6.45, 7) is 5.88. The summed E-state index contributed by atoms with van der Waals surface area (Å²) in [4.78, 5) is 47.5. The molecule has 4 heterocycles. The molecule has 0 saturated carbocycles. The molecule has 0 radical (unpaired) electrons. The highest BCUT2D eigenvalue weighted by molar-refractivity contribution is 5.99. The summed E-state index contributed by atoms with van der Waals surface area (Å²) in [6, 6.07) is 9.02. The second kappa shape index (κ2) is 11.0. The summed E-state index contributed by atoms with van der Waals surface area (Å²) < 4.78 is 6.69. The van der Waals surface area contributed by atoms with Crippen molar-refractivity contribution in [3.63, 3.8) is 0 Å². The van der Waals surface area contributed by atoms with Crippen LogP contribution in [0.5, 0.6) is 0 Å². The first-order valence-corrected chi connectivity index (χ1v) is 14.0. The SMILES string of the molecule is CC(C)N1CC=C[C@]23O[C@H]4C=CCN(Cc5ccccc5)C(=O)[C@H]4[C@H]2C(=O)N(CCCCCCO)C3C1=O. The van der Waals surface area contributed by atoms with Crippen LogP contribution < -0.4 is 0 Å². The van der Waals surface area contributed by atoms with Gasteiger partial charge in [-0.05, 0) is 32.3 Å². The molecule has 1 aromatic carbocycles. The van der Waals surface area contributed by atoms with Crippen LogP contribution in [0.25, 0.3) is 0 Å². The summed E-state index contributed by atoms with van der Waals surface area (Å²) in [5.41, 5.74) is -0.146. The van der Waals surface area contributed by atoms with Gasteiger partial charge in [-0.2, -0.15) is 0 Å². The van der Waals surface area contributed by atoms with Gasteiger partial charge in [0.1, 0.15) is 11.6 Å². The van der Waals surface area contributed by atoms with Crippen LogP contribution in [-0.2, 0) is 25.7 Å². The number of carbonyl (C=O) groups is 3. The number of nitrogens with zero attached hydrogens (tertiary/aromatic N) is 3. The molecule has 0 aromatic heterocycles. The highest BCUT2D eigenvalue weighted by Gasteiger charge is 2.71. The van der Waals surface area contributed by atoms with Crippen LogP contribution in [0.4, 0.5) is 0 Å². The van der Waals surface area contributed by atoms with E-state index in [0.717, 1.165) is 31.2 Å². The average Bonchev–Trinajstić information content (AvgIpc) is 3.21. The van der Waals surface area contributed by atoms with Gasteiger partial charge >= 0.3 is 0 Å². The molecule has 0 aliphatic carbocycles. The van der Waals surface area contributed by atoms with E-state index in [0.29, 0.717) is 26.2 Å². The third-order valence-corrected chi connectivity index (χ3v) is 8.42. The Morgan fingerprint density at radius 2 is 1.74 bits per heavy atom. The first kappa shape index (κ1) is 26.6. The van der Waals surface area contributed by atoms with Gasteiger partial charge in [-0.1, -0.05) is 67.5 Å². The Morgan fingerprint density at radius 1 is 0.974 bits per heavy atom. The molecule has 1 spiro atoms. The highest BCUT2D eigenvalue weighted by atomic mass is 16.5. The normalized spacial score (nSPS) is 30.5. The summed E-state index contributed by atoms with van der Waals surface area (Å²) >= 11 is 0.